The first kappa shape index (κ1) is 15.0. The number of carbonyl (C=O) groups excluding carboxylic acids is 2. The highest BCUT2D eigenvalue weighted by Crippen LogP contribution is 2.41. The van der Waals surface area contributed by atoms with E-state index in [1.54, 1.807) is 19.2 Å². The number of nitrogens with zero attached hydrogens (tertiary/aromatic N) is 1. The van der Waals surface area contributed by atoms with Crippen LogP contribution in [0, 0.1) is 17.2 Å². The zero-order chi connectivity index (χ0) is 15.5. The minimum Gasteiger partial charge on any atom is -0.497 e. The molecule has 1 aromatic carbocycles. The number of carbonyl (C=O) groups is 2. The lowest BCUT2D eigenvalue weighted by Crippen LogP contribution is -2.40. The molecule has 5 nitrogen and oxygen atoms in total. The Hall–Kier alpha value is -2.35. The van der Waals surface area contributed by atoms with Crippen LogP contribution in [-0.2, 0) is 19.7 Å². The van der Waals surface area contributed by atoms with Crippen LogP contribution in [0.1, 0.15) is 24.8 Å². The summed E-state index contributed by atoms with van der Waals surface area (Å²) in [6.07, 6.45) is 0.794. The van der Waals surface area contributed by atoms with Crippen molar-refractivity contribution < 1.29 is 19.1 Å². The van der Waals surface area contributed by atoms with E-state index in [-0.39, 0.29) is 18.6 Å². The quantitative estimate of drug-likeness (QED) is 0.627. The van der Waals surface area contributed by atoms with Crippen LogP contribution in [0.3, 0.4) is 0 Å². The molecule has 0 aromatic heterocycles. The van der Waals surface area contributed by atoms with E-state index in [0.29, 0.717) is 12.2 Å². The minimum atomic E-state index is -0.856. The van der Waals surface area contributed by atoms with E-state index < -0.39 is 17.3 Å². The lowest BCUT2D eigenvalue weighted by molar-refractivity contribution is -0.151. The van der Waals surface area contributed by atoms with E-state index in [9.17, 15) is 14.9 Å². The zero-order valence-corrected chi connectivity index (χ0v) is 12.1. The van der Waals surface area contributed by atoms with Gasteiger partial charge in [-0.2, -0.15) is 5.26 Å². The summed E-state index contributed by atoms with van der Waals surface area (Å²) in [5, 5.41) is 9.64. The number of Topliss-reactive ketones (excluding diaryl/α,β-unsaturated/α-hetero) is 1. The average Bonchev–Trinajstić information content (AvgIpc) is 2.55. The van der Waals surface area contributed by atoms with E-state index in [4.69, 9.17) is 4.74 Å². The molecule has 0 heterocycles. The Kier molecular flexibility index (Phi) is 4.27. The molecule has 110 valence electrons. The second-order valence-electron chi connectivity index (χ2n) is 5.17. The van der Waals surface area contributed by atoms with Gasteiger partial charge in [0.05, 0.1) is 25.7 Å². The Morgan fingerprint density at radius 2 is 2.00 bits per heavy atom. The molecule has 0 saturated heterocycles. The van der Waals surface area contributed by atoms with Crippen molar-refractivity contribution in [3.8, 4) is 11.8 Å². The summed E-state index contributed by atoms with van der Waals surface area (Å²) in [7, 11) is 2.83. The van der Waals surface area contributed by atoms with Crippen LogP contribution >= 0.6 is 0 Å². The van der Waals surface area contributed by atoms with Crippen LogP contribution in [0.25, 0.3) is 0 Å². The first-order chi connectivity index (χ1) is 10.1. The van der Waals surface area contributed by atoms with Crippen molar-refractivity contribution in [3.63, 3.8) is 0 Å². The van der Waals surface area contributed by atoms with Crippen LogP contribution in [0.4, 0.5) is 0 Å². The van der Waals surface area contributed by atoms with Gasteiger partial charge >= 0.3 is 5.97 Å². The minimum absolute atomic E-state index is 0.152. The predicted octanol–water partition coefficient (Wildman–Crippen LogP) is 2.00. The van der Waals surface area contributed by atoms with Crippen molar-refractivity contribution in [2.45, 2.75) is 24.7 Å². The Morgan fingerprint density at radius 3 is 2.52 bits per heavy atom. The monoisotopic (exact) mass is 287 g/mol. The number of methoxy groups -OCH3 is 2. The summed E-state index contributed by atoms with van der Waals surface area (Å²) < 4.78 is 9.79. The Morgan fingerprint density at radius 1 is 1.33 bits per heavy atom. The summed E-state index contributed by atoms with van der Waals surface area (Å²) in [5.74, 6) is -0.872. The fourth-order valence-electron chi connectivity index (χ4n) is 2.77. The number of nitriles is 1. The maximum Gasteiger partial charge on any atom is 0.316 e. The predicted molar refractivity (Wildman–Crippen MR) is 74.6 cm³/mol. The SMILES string of the molecule is COC(=O)[C@@H]1C[C@@](C#N)(c2ccc(OC)cc2)CCC1=O. The molecule has 0 N–H and O–H groups in total. The fraction of sp³-hybridized carbons (Fsp3) is 0.438. The van der Waals surface area contributed by atoms with Gasteiger partial charge in [0.2, 0.25) is 0 Å². The van der Waals surface area contributed by atoms with Crippen LogP contribution in [0.15, 0.2) is 24.3 Å². The first-order valence-corrected chi connectivity index (χ1v) is 6.72. The molecule has 0 spiro atoms. The van der Waals surface area contributed by atoms with E-state index in [1.165, 1.54) is 7.11 Å². The number of rotatable bonds is 3. The summed E-state index contributed by atoms with van der Waals surface area (Å²) in [5.41, 5.74) is -0.0360. The molecule has 2 rings (SSSR count). The first-order valence-electron chi connectivity index (χ1n) is 6.72. The van der Waals surface area contributed by atoms with Gasteiger partial charge in [0.15, 0.2) is 0 Å². The Labute approximate surface area is 123 Å². The van der Waals surface area contributed by atoms with Gasteiger partial charge in [0, 0.05) is 6.42 Å². The highest BCUT2D eigenvalue weighted by atomic mass is 16.5. The fourth-order valence-corrected chi connectivity index (χ4v) is 2.77. The number of hydrogen-bond acceptors (Lipinski definition) is 5. The van der Waals surface area contributed by atoms with Gasteiger partial charge in [-0.1, -0.05) is 12.1 Å². The van der Waals surface area contributed by atoms with E-state index >= 15 is 0 Å². The van der Waals surface area contributed by atoms with Gasteiger partial charge in [0.25, 0.3) is 0 Å². The molecule has 1 saturated carbocycles. The number of hydrogen-bond donors (Lipinski definition) is 0. The lowest BCUT2D eigenvalue weighted by atomic mass is 9.66. The molecule has 0 bridgehead atoms. The molecule has 1 aliphatic rings. The van der Waals surface area contributed by atoms with Gasteiger partial charge in [-0.05, 0) is 30.5 Å². The van der Waals surface area contributed by atoms with Crippen LogP contribution in [-0.4, -0.2) is 26.0 Å². The lowest BCUT2D eigenvalue weighted by Gasteiger charge is -2.34. The molecule has 0 unspecified atom stereocenters. The standard InChI is InChI=1S/C16H17NO4/c1-20-12-5-3-11(4-6-12)16(10-17)8-7-14(18)13(9-16)15(19)21-2/h3-6,13H,7-9H2,1-2H3/t13-,16+/m1/s1. The van der Waals surface area contributed by atoms with Gasteiger partial charge in [-0.3, -0.25) is 9.59 Å². The number of benzene rings is 1. The number of esters is 1. The second kappa shape index (κ2) is 5.96. The van der Waals surface area contributed by atoms with Gasteiger partial charge in [-0.25, -0.2) is 0 Å². The maximum atomic E-state index is 11.9. The average molecular weight is 287 g/mol. The largest absolute Gasteiger partial charge is 0.497 e. The molecular weight excluding hydrogens is 270 g/mol. The molecule has 21 heavy (non-hydrogen) atoms. The van der Waals surface area contributed by atoms with Gasteiger partial charge in [0.1, 0.15) is 17.5 Å². The number of ketones is 1. The van der Waals surface area contributed by atoms with Crippen molar-refractivity contribution in [3.05, 3.63) is 29.8 Å². The highest BCUT2D eigenvalue weighted by Gasteiger charge is 2.45. The molecular formula is C16H17NO4. The summed E-state index contributed by atoms with van der Waals surface area (Å²) >= 11 is 0. The van der Waals surface area contributed by atoms with Crippen molar-refractivity contribution in [2.24, 2.45) is 5.92 Å². The van der Waals surface area contributed by atoms with E-state index in [1.807, 2.05) is 12.1 Å². The summed E-state index contributed by atoms with van der Waals surface area (Å²) in [6, 6.07) is 9.47. The Bertz CT molecular complexity index is 579. The summed E-state index contributed by atoms with van der Waals surface area (Å²) in [6.45, 7) is 0. The number of ether oxygens (including phenoxy) is 2. The molecule has 0 radical (unpaired) electrons. The van der Waals surface area contributed by atoms with Gasteiger partial charge in [-0.15, -0.1) is 0 Å². The third kappa shape index (κ3) is 2.75. The van der Waals surface area contributed by atoms with Crippen molar-refractivity contribution in [1.82, 2.24) is 0 Å². The second-order valence-corrected chi connectivity index (χ2v) is 5.17. The molecule has 1 aromatic rings. The zero-order valence-electron chi connectivity index (χ0n) is 12.1. The third-order valence-electron chi connectivity index (χ3n) is 4.08. The van der Waals surface area contributed by atoms with E-state index in [2.05, 4.69) is 10.8 Å². The molecule has 1 fully saturated rings. The molecule has 5 heteroatoms. The molecule has 2 atom stereocenters. The topological polar surface area (TPSA) is 76.4 Å². The van der Waals surface area contributed by atoms with E-state index in [0.717, 1.165) is 5.56 Å². The third-order valence-corrected chi connectivity index (χ3v) is 4.08. The van der Waals surface area contributed by atoms with Crippen LogP contribution in [0.5, 0.6) is 5.75 Å². The Balaban J connectivity index is 2.34. The summed E-state index contributed by atoms with van der Waals surface area (Å²) in [4.78, 5) is 23.6. The molecule has 1 aliphatic carbocycles. The molecule has 0 amide bonds. The van der Waals surface area contributed by atoms with Crippen molar-refractivity contribution in [2.75, 3.05) is 14.2 Å². The van der Waals surface area contributed by atoms with Crippen LogP contribution in [0.2, 0.25) is 0 Å². The molecule has 0 aliphatic heterocycles. The van der Waals surface area contributed by atoms with Gasteiger partial charge < -0.3 is 9.47 Å². The normalized spacial score (nSPS) is 25.0. The van der Waals surface area contributed by atoms with Crippen molar-refractivity contribution >= 4 is 11.8 Å². The van der Waals surface area contributed by atoms with Crippen molar-refractivity contribution in [1.29, 1.82) is 5.26 Å². The maximum absolute atomic E-state index is 11.9. The smallest absolute Gasteiger partial charge is 0.316 e. The van der Waals surface area contributed by atoms with Crippen LogP contribution < -0.4 is 4.74 Å². The highest BCUT2D eigenvalue weighted by molar-refractivity contribution is 6.00.